The summed E-state index contributed by atoms with van der Waals surface area (Å²) in [4.78, 5) is 14.4. The monoisotopic (exact) mass is 260 g/mol. The summed E-state index contributed by atoms with van der Waals surface area (Å²) in [6.07, 6.45) is 7.82. The Morgan fingerprint density at radius 2 is 1.88 bits per heavy atom. The van der Waals surface area contributed by atoms with Gasteiger partial charge in [-0.3, -0.25) is 4.79 Å². The molecule has 0 aromatic carbocycles. The molecule has 100 valence electrons. The van der Waals surface area contributed by atoms with Gasteiger partial charge in [0.25, 0.3) is 0 Å². The molecule has 0 aromatic rings. The van der Waals surface area contributed by atoms with Crippen molar-refractivity contribution in [1.82, 2.24) is 4.90 Å². The highest BCUT2D eigenvalue weighted by Crippen LogP contribution is 2.32. The molecule has 4 heteroatoms. The Kier molecular flexibility index (Phi) is 5.26. The van der Waals surface area contributed by atoms with E-state index in [1.54, 1.807) is 0 Å². The number of nitrogens with two attached hydrogens (primary N) is 1. The Labute approximate surface area is 111 Å². The molecule has 17 heavy (non-hydrogen) atoms. The second-order valence-electron chi connectivity index (χ2n) is 5.50. The van der Waals surface area contributed by atoms with Crippen LogP contribution >= 0.6 is 12.4 Å². The number of halogens is 1. The van der Waals surface area contributed by atoms with E-state index >= 15 is 0 Å². The summed E-state index contributed by atoms with van der Waals surface area (Å²) in [5.74, 6) is 0.970. The van der Waals surface area contributed by atoms with E-state index < -0.39 is 5.54 Å². The van der Waals surface area contributed by atoms with Crippen molar-refractivity contribution in [1.29, 1.82) is 0 Å². The summed E-state index contributed by atoms with van der Waals surface area (Å²) in [6.45, 7) is 3.81. The van der Waals surface area contributed by atoms with Crippen molar-refractivity contribution in [2.75, 3.05) is 13.1 Å². The van der Waals surface area contributed by atoms with E-state index in [4.69, 9.17) is 5.73 Å². The minimum Gasteiger partial charge on any atom is -0.341 e. The molecule has 0 spiro atoms. The SMILES string of the molecule is CCN(CC1CC1)C(=O)C1(N)CCCCC1.Cl. The molecule has 2 saturated carbocycles. The Morgan fingerprint density at radius 1 is 1.29 bits per heavy atom. The van der Waals surface area contributed by atoms with Gasteiger partial charge in [-0.25, -0.2) is 0 Å². The molecule has 0 atom stereocenters. The molecule has 0 aromatic heterocycles. The molecule has 0 heterocycles. The maximum absolute atomic E-state index is 12.4. The van der Waals surface area contributed by atoms with Gasteiger partial charge in [0.15, 0.2) is 0 Å². The van der Waals surface area contributed by atoms with Crippen molar-refractivity contribution >= 4 is 18.3 Å². The molecule has 2 rings (SSSR count). The third-order valence-corrected chi connectivity index (χ3v) is 4.02. The Balaban J connectivity index is 0.00000144. The largest absolute Gasteiger partial charge is 0.341 e. The molecule has 2 N–H and O–H groups in total. The second kappa shape index (κ2) is 6.05. The Morgan fingerprint density at radius 3 is 2.35 bits per heavy atom. The van der Waals surface area contributed by atoms with Crippen LogP contribution in [0.15, 0.2) is 0 Å². The van der Waals surface area contributed by atoms with Crippen LogP contribution in [-0.4, -0.2) is 29.4 Å². The zero-order chi connectivity index (χ0) is 11.6. The molecular weight excluding hydrogens is 236 g/mol. The zero-order valence-corrected chi connectivity index (χ0v) is 11.6. The number of amides is 1. The fraction of sp³-hybridized carbons (Fsp3) is 0.923. The third kappa shape index (κ3) is 3.59. The standard InChI is InChI=1S/C13H24N2O.ClH/c1-2-15(10-11-6-7-11)12(16)13(14)8-4-3-5-9-13;/h11H,2-10,14H2,1H3;1H. The first-order valence-electron chi connectivity index (χ1n) is 6.74. The average Bonchev–Trinajstić information content (AvgIpc) is 3.10. The van der Waals surface area contributed by atoms with E-state index in [1.165, 1.54) is 19.3 Å². The normalized spacial score (nSPS) is 22.7. The molecule has 1 amide bonds. The minimum atomic E-state index is -0.539. The predicted molar refractivity (Wildman–Crippen MR) is 72.2 cm³/mol. The lowest BCUT2D eigenvalue weighted by atomic mass is 9.81. The number of carbonyl (C=O) groups is 1. The van der Waals surface area contributed by atoms with Gasteiger partial charge in [-0.15, -0.1) is 12.4 Å². The lowest BCUT2D eigenvalue weighted by Gasteiger charge is -2.36. The highest BCUT2D eigenvalue weighted by Gasteiger charge is 2.39. The lowest BCUT2D eigenvalue weighted by molar-refractivity contribution is -0.138. The minimum absolute atomic E-state index is 0. The van der Waals surface area contributed by atoms with Crippen LogP contribution in [0.25, 0.3) is 0 Å². The van der Waals surface area contributed by atoms with E-state index in [0.29, 0.717) is 0 Å². The van der Waals surface area contributed by atoms with Gasteiger partial charge in [0.2, 0.25) is 5.91 Å². The molecule has 0 radical (unpaired) electrons. The zero-order valence-electron chi connectivity index (χ0n) is 10.8. The summed E-state index contributed by atoms with van der Waals surface area (Å²) in [5.41, 5.74) is 5.75. The molecule has 2 fully saturated rings. The third-order valence-electron chi connectivity index (χ3n) is 4.02. The molecular formula is C13H25ClN2O. The van der Waals surface area contributed by atoms with E-state index in [9.17, 15) is 4.79 Å². The Bertz CT molecular complexity index is 260. The van der Waals surface area contributed by atoms with Crippen molar-refractivity contribution in [3.05, 3.63) is 0 Å². The predicted octanol–water partition coefficient (Wildman–Crippen LogP) is 2.33. The van der Waals surface area contributed by atoms with E-state index in [2.05, 4.69) is 6.92 Å². The lowest BCUT2D eigenvalue weighted by Crippen LogP contribution is -2.56. The maximum atomic E-state index is 12.4. The first kappa shape index (κ1) is 14.8. The molecule has 3 nitrogen and oxygen atoms in total. The second-order valence-corrected chi connectivity index (χ2v) is 5.50. The van der Waals surface area contributed by atoms with Crippen LogP contribution in [-0.2, 0) is 4.79 Å². The van der Waals surface area contributed by atoms with Gasteiger partial charge in [0, 0.05) is 13.1 Å². The van der Waals surface area contributed by atoms with Crippen molar-refractivity contribution < 1.29 is 4.79 Å². The van der Waals surface area contributed by atoms with Crippen molar-refractivity contribution in [2.24, 2.45) is 11.7 Å². The summed E-state index contributed by atoms with van der Waals surface area (Å²) in [5, 5.41) is 0. The van der Waals surface area contributed by atoms with Crippen molar-refractivity contribution in [2.45, 2.75) is 57.4 Å². The van der Waals surface area contributed by atoms with Gasteiger partial charge in [-0.2, -0.15) is 0 Å². The number of hydrogen-bond donors (Lipinski definition) is 1. The van der Waals surface area contributed by atoms with Crippen molar-refractivity contribution in [3.8, 4) is 0 Å². The van der Waals surface area contributed by atoms with Crippen LogP contribution < -0.4 is 5.73 Å². The van der Waals surface area contributed by atoms with Gasteiger partial charge in [0.05, 0.1) is 5.54 Å². The van der Waals surface area contributed by atoms with Crippen LogP contribution in [0.2, 0.25) is 0 Å². The van der Waals surface area contributed by atoms with Gasteiger partial charge in [-0.05, 0) is 38.5 Å². The van der Waals surface area contributed by atoms with Gasteiger partial charge in [0.1, 0.15) is 0 Å². The molecule has 0 unspecified atom stereocenters. The summed E-state index contributed by atoms with van der Waals surface area (Å²) < 4.78 is 0. The van der Waals surface area contributed by atoms with Crippen LogP contribution in [0, 0.1) is 5.92 Å². The van der Waals surface area contributed by atoms with Gasteiger partial charge >= 0.3 is 0 Å². The number of carbonyl (C=O) groups excluding carboxylic acids is 1. The van der Waals surface area contributed by atoms with Gasteiger partial charge in [-0.1, -0.05) is 19.3 Å². The molecule has 0 saturated heterocycles. The molecule has 0 aliphatic heterocycles. The highest BCUT2D eigenvalue weighted by molar-refractivity contribution is 5.86. The number of nitrogens with zero attached hydrogens (tertiary/aromatic N) is 1. The number of likely N-dealkylation sites (N-methyl/N-ethyl adjacent to an activating group) is 1. The summed E-state index contributed by atoms with van der Waals surface area (Å²) in [6, 6.07) is 0. The number of rotatable bonds is 4. The average molecular weight is 261 g/mol. The molecule has 2 aliphatic carbocycles. The first-order chi connectivity index (χ1) is 7.65. The van der Waals surface area contributed by atoms with Crippen LogP contribution in [0.4, 0.5) is 0 Å². The highest BCUT2D eigenvalue weighted by atomic mass is 35.5. The van der Waals surface area contributed by atoms with E-state index in [0.717, 1.165) is 44.7 Å². The summed E-state index contributed by atoms with van der Waals surface area (Å²) >= 11 is 0. The van der Waals surface area contributed by atoms with Crippen LogP contribution in [0.5, 0.6) is 0 Å². The van der Waals surface area contributed by atoms with E-state index in [-0.39, 0.29) is 18.3 Å². The van der Waals surface area contributed by atoms with E-state index in [1.807, 2.05) is 4.90 Å². The first-order valence-corrected chi connectivity index (χ1v) is 6.74. The fourth-order valence-electron chi connectivity index (χ4n) is 2.68. The molecule has 2 aliphatic rings. The summed E-state index contributed by atoms with van der Waals surface area (Å²) in [7, 11) is 0. The number of hydrogen-bond acceptors (Lipinski definition) is 2. The topological polar surface area (TPSA) is 46.3 Å². The molecule has 0 bridgehead atoms. The maximum Gasteiger partial charge on any atom is 0.242 e. The fourth-order valence-corrected chi connectivity index (χ4v) is 2.68. The van der Waals surface area contributed by atoms with Crippen LogP contribution in [0.1, 0.15) is 51.9 Å². The van der Waals surface area contributed by atoms with Crippen molar-refractivity contribution in [3.63, 3.8) is 0 Å². The quantitative estimate of drug-likeness (QED) is 0.843. The Hall–Kier alpha value is -0.280. The van der Waals surface area contributed by atoms with Gasteiger partial charge < -0.3 is 10.6 Å². The van der Waals surface area contributed by atoms with Crippen LogP contribution in [0.3, 0.4) is 0 Å². The smallest absolute Gasteiger partial charge is 0.242 e.